The van der Waals surface area contributed by atoms with Crippen LogP contribution in [0.25, 0.3) is 11.1 Å². The monoisotopic (exact) mass is 504 g/mol. The van der Waals surface area contributed by atoms with Crippen LogP contribution in [0.2, 0.25) is 0 Å². The van der Waals surface area contributed by atoms with Gasteiger partial charge in [0, 0.05) is 36.0 Å². The zero-order valence-corrected chi connectivity index (χ0v) is 21.9. The van der Waals surface area contributed by atoms with E-state index in [0.29, 0.717) is 18.4 Å². The van der Waals surface area contributed by atoms with Gasteiger partial charge in [-0.2, -0.15) is 0 Å². The van der Waals surface area contributed by atoms with Crippen molar-refractivity contribution >= 4 is 11.7 Å². The van der Waals surface area contributed by atoms with E-state index >= 15 is 0 Å². The summed E-state index contributed by atoms with van der Waals surface area (Å²) in [5, 5.41) is 13.5. The summed E-state index contributed by atoms with van der Waals surface area (Å²) in [6.07, 6.45) is 4.48. The highest BCUT2D eigenvalue weighted by molar-refractivity contribution is 5.82. The van der Waals surface area contributed by atoms with Crippen molar-refractivity contribution < 1.29 is 23.9 Å². The second kappa shape index (κ2) is 10.9. The summed E-state index contributed by atoms with van der Waals surface area (Å²) in [7, 11) is 1.70. The predicted octanol–water partition coefficient (Wildman–Crippen LogP) is 6.23. The average molecular weight is 505 g/mol. The molecule has 1 aromatic heterocycles. The van der Waals surface area contributed by atoms with Gasteiger partial charge in [0.05, 0.1) is 25.8 Å². The molecule has 1 atom stereocenters. The molecule has 0 spiro atoms. The maximum absolute atomic E-state index is 11.4. The first-order chi connectivity index (χ1) is 17.9. The lowest BCUT2D eigenvalue weighted by molar-refractivity contribution is -0.137. The van der Waals surface area contributed by atoms with Gasteiger partial charge in [-0.25, -0.2) is 0 Å². The molecule has 37 heavy (non-hydrogen) atoms. The number of carboxylic acids is 1. The summed E-state index contributed by atoms with van der Waals surface area (Å²) in [6, 6.07) is 14.3. The van der Waals surface area contributed by atoms with Crippen LogP contribution >= 0.6 is 0 Å². The summed E-state index contributed by atoms with van der Waals surface area (Å²) in [4.78, 5) is 13.8. The Balaban J connectivity index is 1.23. The number of hydrogen-bond donors (Lipinski definition) is 1. The number of aromatic nitrogens is 1. The fraction of sp³-hybridized carbons (Fsp3) is 0.467. The number of anilines is 1. The van der Waals surface area contributed by atoms with Gasteiger partial charge in [-0.15, -0.1) is 0 Å². The van der Waals surface area contributed by atoms with E-state index in [2.05, 4.69) is 22.2 Å². The fourth-order valence-electron chi connectivity index (χ4n) is 5.61. The molecular formula is C30H36N2O5. The number of methoxy groups -OCH3 is 1. The van der Waals surface area contributed by atoms with Gasteiger partial charge in [0.1, 0.15) is 17.3 Å². The van der Waals surface area contributed by atoms with Gasteiger partial charge < -0.3 is 24.0 Å². The van der Waals surface area contributed by atoms with Crippen LogP contribution in [0, 0.1) is 25.7 Å². The van der Waals surface area contributed by atoms with Crippen molar-refractivity contribution in [2.24, 2.45) is 11.8 Å². The summed E-state index contributed by atoms with van der Waals surface area (Å²) in [6.45, 7) is 6.46. The van der Waals surface area contributed by atoms with Crippen LogP contribution < -0.4 is 14.4 Å². The summed E-state index contributed by atoms with van der Waals surface area (Å²) in [5.41, 5.74) is 5.29. The molecule has 2 aromatic carbocycles. The third-order valence-electron chi connectivity index (χ3n) is 7.82. The lowest BCUT2D eigenvalue weighted by Gasteiger charge is -2.35. The van der Waals surface area contributed by atoms with E-state index in [1.54, 1.807) is 7.11 Å². The highest BCUT2D eigenvalue weighted by Crippen LogP contribution is 2.45. The van der Waals surface area contributed by atoms with Crippen LogP contribution in [0.5, 0.6) is 11.5 Å². The van der Waals surface area contributed by atoms with Gasteiger partial charge >= 0.3 is 5.97 Å². The van der Waals surface area contributed by atoms with E-state index in [-0.39, 0.29) is 12.3 Å². The molecule has 5 rings (SSSR count). The van der Waals surface area contributed by atoms with Gasteiger partial charge in [0.25, 0.3) is 0 Å². The molecule has 196 valence electrons. The average Bonchev–Trinajstić information content (AvgIpc) is 3.70. The minimum absolute atomic E-state index is 0.0825. The van der Waals surface area contributed by atoms with E-state index in [4.69, 9.17) is 14.0 Å². The molecule has 0 bridgehead atoms. The molecule has 0 amide bonds. The van der Waals surface area contributed by atoms with E-state index in [1.165, 1.54) is 0 Å². The molecule has 1 saturated heterocycles. The number of carboxylic acid groups (broad SMARTS) is 1. The maximum Gasteiger partial charge on any atom is 0.303 e. The number of hydrogen-bond acceptors (Lipinski definition) is 6. The molecule has 7 nitrogen and oxygen atoms in total. The van der Waals surface area contributed by atoms with Crippen molar-refractivity contribution in [1.29, 1.82) is 0 Å². The Labute approximate surface area is 218 Å². The molecule has 7 heteroatoms. The van der Waals surface area contributed by atoms with Crippen LogP contribution in [0.1, 0.15) is 55.0 Å². The number of aliphatic carboxylic acids is 1. The quantitative estimate of drug-likeness (QED) is 0.350. The highest BCUT2D eigenvalue weighted by atomic mass is 16.5. The van der Waals surface area contributed by atoms with E-state index in [9.17, 15) is 9.90 Å². The number of ether oxygens (including phenoxy) is 2. The van der Waals surface area contributed by atoms with Crippen molar-refractivity contribution in [2.75, 3.05) is 31.7 Å². The zero-order valence-electron chi connectivity index (χ0n) is 21.9. The summed E-state index contributed by atoms with van der Waals surface area (Å²) >= 11 is 0. The minimum atomic E-state index is -0.733. The van der Waals surface area contributed by atoms with Gasteiger partial charge in [0.15, 0.2) is 0 Å². The molecule has 1 saturated carbocycles. The smallest absolute Gasteiger partial charge is 0.303 e. The van der Waals surface area contributed by atoms with Crippen molar-refractivity contribution in [3.8, 4) is 22.6 Å². The Bertz CT molecular complexity index is 1220. The maximum atomic E-state index is 11.4. The lowest BCUT2D eigenvalue weighted by atomic mass is 9.91. The van der Waals surface area contributed by atoms with Crippen molar-refractivity contribution in [3.63, 3.8) is 0 Å². The molecule has 1 unspecified atom stereocenters. The number of carbonyl (C=O) groups is 1. The van der Waals surface area contributed by atoms with Crippen molar-refractivity contribution in [2.45, 2.75) is 51.9 Å². The highest BCUT2D eigenvalue weighted by Gasteiger charge is 2.34. The third-order valence-corrected chi connectivity index (χ3v) is 7.82. The molecule has 2 aliphatic rings. The van der Waals surface area contributed by atoms with E-state index in [1.807, 2.05) is 44.2 Å². The zero-order chi connectivity index (χ0) is 25.9. The minimum Gasteiger partial charge on any atom is -0.497 e. The van der Waals surface area contributed by atoms with Gasteiger partial charge in [0.2, 0.25) is 0 Å². The normalized spacial score (nSPS) is 17.0. The lowest BCUT2D eigenvalue weighted by Crippen LogP contribution is -2.35. The Morgan fingerprint density at radius 2 is 1.89 bits per heavy atom. The Hall–Kier alpha value is -3.48. The van der Waals surface area contributed by atoms with E-state index < -0.39 is 5.97 Å². The standard InChI is InChI=1S/C30H36N2O5/c1-19-30(20(2)37-31-19)26-10-9-24(35-3)16-28(26)32-13-11-21(12-14-32)18-36-25-6-4-5-23(15-25)27(17-29(33)34)22-7-8-22/h4-6,9-10,15-16,21-22,27H,7-8,11-14,17-18H2,1-3H3,(H,33,34). The Kier molecular flexibility index (Phi) is 7.40. The van der Waals surface area contributed by atoms with Gasteiger partial charge in [-0.1, -0.05) is 17.3 Å². The fourth-order valence-corrected chi connectivity index (χ4v) is 5.61. The first-order valence-electron chi connectivity index (χ1n) is 13.2. The summed E-state index contributed by atoms with van der Waals surface area (Å²) in [5.74, 6) is 2.80. The third kappa shape index (κ3) is 5.76. The molecule has 0 radical (unpaired) electrons. The predicted molar refractivity (Wildman–Crippen MR) is 143 cm³/mol. The molecular weight excluding hydrogens is 468 g/mol. The molecule has 1 aliphatic carbocycles. The first-order valence-corrected chi connectivity index (χ1v) is 13.2. The topological polar surface area (TPSA) is 85.0 Å². The van der Waals surface area contributed by atoms with Crippen LogP contribution in [0.3, 0.4) is 0 Å². The van der Waals surface area contributed by atoms with Crippen LogP contribution in [-0.4, -0.2) is 43.0 Å². The van der Waals surface area contributed by atoms with Crippen molar-refractivity contribution in [3.05, 3.63) is 59.5 Å². The number of nitrogens with zero attached hydrogens (tertiary/aromatic N) is 2. The van der Waals surface area contributed by atoms with Crippen LogP contribution in [0.15, 0.2) is 47.0 Å². The molecule has 2 fully saturated rings. The Morgan fingerprint density at radius 3 is 2.54 bits per heavy atom. The molecule has 2 heterocycles. The largest absolute Gasteiger partial charge is 0.497 e. The van der Waals surface area contributed by atoms with Crippen LogP contribution in [0.4, 0.5) is 5.69 Å². The van der Waals surface area contributed by atoms with Crippen molar-refractivity contribution in [1.82, 2.24) is 5.16 Å². The Morgan fingerprint density at radius 1 is 1.11 bits per heavy atom. The number of rotatable bonds is 10. The van der Waals surface area contributed by atoms with Crippen LogP contribution in [-0.2, 0) is 4.79 Å². The second-order valence-electron chi connectivity index (χ2n) is 10.4. The molecule has 3 aromatic rings. The van der Waals surface area contributed by atoms with Gasteiger partial charge in [-0.3, -0.25) is 4.79 Å². The number of aryl methyl sites for hydroxylation is 2. The number of piperidine rings is 1. The van der Waals surface area contributed by atoms with Gasteiger partial charge in [-0.05, 0) is 87.1 Å². The molecule has 1 aliphatic heterocycles. The SMILES string of the molecule is COc1ccc(-c2c(C)noc2C)c(N2CCC(COc3cccc(C(CC(=O)O)C4CC4)c3)CC2)c1. The van der Waals surface area contributed by atoms with E-state index in [0.717, 1.165) is 84.1 Å². The molecule has 1 N–H and O–H groups in total. The summed E-state index contributed by atoms with van der Waals surface area (Å²) < 4.78 is 17.2. The second-order valence-corrected chi connectivity index (χ2v) is 10.4. The first kappa shape index (κ1) is 25.2. The number of benzene rings is 2.